The summed E-state index contributed by atoms with van der Waals surface area (Å²) in [4.78, 5) is 20.1. The van der Waals surface area contributed by atoms with E-state index < -0.39 is 0 Å². The molecule has 166 valence electrons. The summed E-state index contributed by atoms with van der Waals surface area (Å²) < 4.78 is 5.29. The number of amides is 2. The summed E-state index contributed by atoms with van der Waals surface area (Å²) in [6, 6.07) is 9.29. The summed E-state index contributed by atoms with van der Waals surface area (Å²) >= 11 is 0. The highest BCUT2D eigenvalue weighted by atomic mass is 16.5. The number of rotatable bonds is 4. The van der Waals surface area contributed by atoms with Crippen LogP contribution in [0.4, 0.5) is 4.79 Å². The number of methoxy groups -OCH3 is 1. The minimum Gasteiger partial charge on any atom is -0.497 e. The molecule has 0 spiro atoms. The Labute approximate surface area is 181 Å². The molecule has 2 aliphatic heterocycles. The molecular formula is C24H38N4O2. The number of benzene rings is 1. The molecular weight excluding hydrogens is 376 g/mol. The molecule has 2 amide bonds. The molecule has 1 atom stereocenters. The Morgan fingerprint density at radius 2 is 1.83 bits per heavy atom. The van der Waals surface area contributed by atoms with Crippen molar-refractivity contribution in [2.75, 3.05) is 39.8 Å². The van der Waals surface area contributed by atoms with Gasteiger partial charge in [0, 0.05) is 56.9 Å². The van der Waals surface area contributed by atoms with Gasteiger partial charge in [-0.1, -0.05) is 31.4 Å². The smallest absolute Gasteiger partial charge is 0.317 e. The molecule has 30 heavy (non-hydrogen) atoms. The quantitative estimate of drug-likeness (QED) is 0.821. The van der Waals surface area contributed by atoms with E-state index >= 15 is 0 Å². The van der Waals surface area contributed by atoms with Crippen molar-refractivity contribution in [1.82, 2.24) is 20.0 Å². The highest BCUT2D eigenvalue weighted by Crippen LogP contribution is 2.29. The van der Waals surface area contributed by atoms with Crippen LogP contribution in [0.3, 0.4) is 0 Å². The van der Waals surface area contributed by atoms with Crippen LogP contribution in [0.1, 0.15) is 51.5 Å². The predicted molar refractivity (Wildman–Crippen MR) is 120 cm³/mol. The third-order valence-corrected chi connectivity index (χ3v) is 7.12. The highest BCUT2D eigenvalue weighted by molar-refractivity contribution is 5.74. The lowest BCUT2D eigenvalue weighted by Gasteiger charge is -2.55. The lowest BCUT2D eigenvalue weighted by molar-refractivity contribution is -0.0592. The fraction of sp³-hybridized carbons (Fsp3) is 0.708. The molecule has 3 aliphatic rings. The number of urea groups is 1. The SMILES string of the molecule is COc1ccc(CN2C[C@@H]3CN(C(=O)NC4CCCCC4)CCN3C(C)(C)C2)cc1. The van der Waals surface area contributed by atoms with Crippen LogP contribution >= 0.6 is 0 Å². The van der Waals surface area contributed by atoms with Gasteiger partial charge in [0.05, 0.1) is 7.11 Å². The van der Waals surface area contributed by atoms with Crippen LogP contribution in [0.2, 0.25) is 0 Å². The third kappa shape index (κ3) is 4.92. The van der Waals surface area contributed by atoms with Crippen LogP contribution in [0.25, 0.3) is 0 Å². The van der Waals surface area contributed by atoms with Crippen molar-refractivity contribution in [2.24, 2.45) is 0 Å². The Morgan fingerprint density at radius 3 is 2.53 bits per heavy atom. The van der Waals surface area contributed by atoms with Crippen molar-refractivity contribution in [3.63, 3.8) is 0 Å². The van der Waals surface area contributed by atoms with Crippen molar-refractivity contribution in [3.05, 3.63) is 29.8 Å². The van der Waals surface area contributed by atoms with E-state index in [2.05, 4.69) is 46.0 Å². The molecule has 2 saturated heterocycles. The van der Waals surface area contributed by atoms with E-state index in [-0.39, 0.29) is 11.6 Å². The summed E-state index contributed by atoms with van der Waals surface area (Å²) in [5, 5.41) is 3.31. The largest absolute Gasteiger partial charge is 0.497 e. The fourth-order valence-corrected chi connectivity index (χ4v) is 5.62. The summed E-state index contributed by atoms with van der Waals surface area (Å²) in [7, 11) is 1.70. The molecule has 1 aliphatic carbocycles. The predicted octanol–water partition coefficient (Wildman–Crippen LogP) is 3.32. The standard InChI is InChI=1S/C24H38N4O2/c1-24(2)18-26(15-19-9-11-22(30-3)12-10-19)16-21-17-27(13-14-28(21)24)23(29)25-20-7-5-4-6-8-20/h9-12,20-21H,4-8,13-18H2,1-3H3,(H,25,29)/t21-/m1/s1. The number of carbonyl (C=O) groups is 1. The maximum Gasteiger partial charge on any atom is 0.317 e. The van der Waals surface area contributed by atoms with E-state index in [4.69, 9.17) is 4.74 Å². The molecule has 0 radical (unpaired) electrons. The summed E-state index contributed by atoms with van der Waals surface area (Å²) in [6.45, 7) is 10.3. The first-order chi connectivity index (χ1) is 14.4. The van der Waals surface area contributed by atoms with Crippen LogP contribution < -0.4 is 10.1 Å². The molecule has 1 saturated carbocycles. The number of piperazine rings is 2. The van der Waals surface area contributed by atoms with Gasteiger partial charge in [0.25, 0.3) is 0 Å². The van der Waals surface area contributed by atoms with E-state index in [1.807, 2.05) is 12.1 Å². The minimum atomic E-state index is 0.112. The van der Waals surface area contributed by atoms with Gasteiger partial charge in [-0.05, 0) is 44.4 Å². The van der Waals surface area contributed by atoms with E-state index in [1.165, 1.54) is 24.8 Å². The molecule has 1 N–H and O–H groups in total. The van der Waals surface area contributed by atoms with Gasteiger partial charge in [-0.15, -0.1) is 0 Å². The summed E-state index contributed by atoms with van der Waals surface area (Å²) in [5.41, 5.74) is 1.42. The highest BCUT2D eigenvalue weighted by Gasteiger charge is 2.43. The first-order valence-electron chi connectivity index (χ1n) is 11.6. The van der Waals surface area contributed by atoms with Gasteiger partial charge in [-0.25, -0.2) is 4.79 Å². The maximum absolute atomic E-state index is 12.9. The number of carbonyl (C=O) groups excluding carboxylic acids is 1. The van der Waals surface area contributed by atoms with Crippen molar-refractivity contribution in [3.8, 4) is 5.75 Å². The zero-order valence-electron chi connectivity index (χ0n) is 18.9. The van der Waals surface area contributed by atoms with Crippen molar-refractivity contribution < 1.29 is 9.53 Å². The average Bonchev–Trinajstić information content (AvgIpc) is 2.74. The van der Waals surface area contributed by atoms with Crippen molar-refractivity contribution >= 4 is 6.03 Å². The van der Waals surface area contributed by atoms with Gasteiger partial charge >= 0.3 is 6.03 Å². The Kier molecular flexibility index (Phi) is 6.54. The first kappa shape index (κ1) is 21.4. The molecule has 0 bridgehead atoms. The van der Waals surface area contributed by atoms with Crippen molar-refractivity contribution in [2.45, 2.75) is 70.1 Å². The van der Waals surface area contributed by atoms with Crippen LogP contribution in [0.15, 0.2) is 24.3 Å². The van der Waals surface area contributed by atoms with Crippen LogP contribution in [-0.4, -0.2) is 78.2 Å². The molecule has 2 heterocycles. The van der Waals surface area contributed by atoms with Gasteiger partial charge < -0.3 is 15.0 Å². The van der Waals surface area contributed by atoms with E-state index in [1.54, 1.807) is 7.11 Å². The molecule has 4 rings (SSSR count). The number of nitrogens with zero attached hydrogens (tertiary/aromatic N) is 3. The van der Waals surface area contributed by atoms with E-state index in [0.717, 1.165) is 57.9 Å². The second-order valence-electron chi connectivity index (χ2n) is 9.91. The van der Waals surface area contributed by atoms with Gasteiger partial charge in [-0.2, -0.15) is 0 Å². The zero-order chi connectivity index (χ0) is 21.1. The van der Waals surface area contributed by atoms with Gasteiger partial charge in [-0.3, -0.25) is 9.80 Å². The number of fused-ring (bicyclic) bond motifs is 1. The number of nitrogens with one attached hydrogen (secondary N) is 1. The van der Waals surface area contributed by atoms with Gasteiger partial charge in [0.2, 0.25) is 0 Å². The molecule has 3 fully saturated rings. The van der Waals surface area contributed by atoms with Crippen molar-refractivity contribution in [1.29, 1.82) is 0 Å². The third-order valence-electron chi connectivity index (χ3n) is 7.12. The Balaban J connectivity index is 1.37. The second-order valence-corrected chi connectivity index (χ2v) is 9.91. The minimum absolute atomic E-state index is 0.112. The first-order valence-corrected chi connectivity index (χ1v) is 11.6. The van der Waals surface area contributed by atoms with E-state index in [0.29, 0.717) is 12.1 Å². The number of hydrogen-bond donors (Lipinski definition) is 1. The van der Waals surface area contributed by atoms with E-state index in [9.17, 15) is 4.79 Å². The summed E-state index contributed by atoms with van der Waals surface area (Å²) in [5.74, 6) is 0.899. The normalized spacial score (nSPS) is 25.6. The second kappa shape index (κ2) is 9.15. The molecule has 0 unspecified atom stereocenters. The molecule has 1 aromatic carbocycles. The Morgan fingerprint density at radius 1 is 1.10 bits per heavy atom. The Hall–Kier alpha value is -1.79. The van der Waals surface area contributed by atoms with Gasteiger partial charge in [0.15, 0.2) is 0 Å². The monoisotopic (exact) mass is 414 g/mol. The average molecular weight is 415 g/mol. The molecule has 6 nitrogen and oxygen atoms in total. The lowest BCUT2D eigenvalue weighted by Crippen LogP contribution is -2.70. The molecule has 1 aromatic rings. The van der Waals surface area contributed by atoms with Crippen LogP contribution in [-0.2, 0) is 6.54 Å². The molecule has 6 heteroatoms. The zero-order valence-corrected chi connectivity index (χ0v) is 18.9. The number of hydrogen-bond acceptors (Lipinski definition) is 4. The maximum atomic E-state index is 12.9. The fourth-order valence-electron chi connectivity index (χ4n) is 5.62. The van der Waals surface area contributed by atoms with Gasteiger partial charge in [0.1, 0.15) is 5.75 Å². The summed E-state index contributed by atoms with van der Waals surface area (Å²) in [6.07, 6.45) is 6.08. The van der Waals surface area contributed by atoms with Crippen LogP contribution in [0.5, 0.6) is 5.75 Å². The lowest BCUT2D eigenvalue weighted by atomic mass is 9.92. The van der Waals surface area contributed by atoms with Crippen LogP contribution in [0, 0.1) is 0 Å². The topological polar surface area (TPSA) is 48.1 Å². The molecule has 0 aromatic heterocycles. The number of ether oxygens (including phenoxy) is 1. The Bertz CT molecular complexity index is 714.